The molecule has 0 fully saturated rings. The number of fused-ring (bicyclic) bond motifs is 1. The van der Waals surface area contributed by atoms with E-state index in [1.807, 2.05) is 54.6 Å². The average Bonchev–Trinajstić information content (AvgIpc) is 3.48. The van der Waals surface area contributed by atoms with Crippen molar-refractivity contribution in [3.05, 3.63) is 88.1 Å². The van der Waals surface area contributed by atoms with Crippen LogP contribution in [0.1, 0.15) is 20.8 Å². The summed E-state index contributed by atoms with van der Waals surface area (Å²) in [5.74, 6) is -1.25. The smallest absolute Gasteiger partial charge is 0.329 e. The maximum Gasteiger partial charge on any atom is 0.329 e. The number of nitrogens with zero attached hydrogens (tertiary/aromatic N) is 1. The first-order chi connectivity index (χ1) is 15.1. The molecule has 3 aromatic rings. The number of thiophene rings is 1. The molecule has 1 N–H and O–H groups in total. The zero-order chi connectivity index (χ0) is 21.6. The highest BCUT2D eigenvalue weighted by Crippen LogP contribution is 2.27. The van der Waals surface area contributed by atoms with Crippen molar-refractivity contribution in [3.8, 4) is 0 Å². The van der Waals surface area contributed by atoms with Gasteiger partial charge in [0.05, 0.1) is 4.88 Å². The lowest BCUT2D eigenvalue weighted by atomic mass is 10.1. The molecule has 1 aliphatic heterocycles. The van der Waals surface area contributed by atoms with E-state index in [4.69, 9.17) is 4.74 Å². The first-order valence-corrected chi connectivity index (χ1v) is 10.9. The number of nitrogens with one attached hydrogen (secondary N) is 1. The molecule has 1 atom stereocenters. The normalized spacial score (nSPS) is 13.4. The van der Waals surface area contributed by atoms with Crippen LogP contribution in [-0.2, 0) is 27.2 Å². The van der Waals surface area contributed by atoms with Crippen molar-refractivity contribution in [2.75, 3.05) is 18.1 Å². The van der Waals surface area contributed by atoms with Gasteiger partial charge in [0.2, 0.25) is 0 Å². The molecule has 2 heterocycles. The van der Waals surface area contributed by atoms with Crippen LogP contribution in [0.2, 0.25) is 0 Å². The van der Waals surface area contributed by atoms with E-state index < -0.39 is 12.0 Å². The van der Waals surface area contributed by atoms with E-state index in [-0.39, 0.29) is 24.8 Å². The molecule has 31 heavy (non-hydrogen) atoms. The predicted octanol–water partition coefficient (Wildman–Crippen LogP) is 3.22. The van der Waals surface area contributed by atoms with Crippen LogP contribution in [0.5, 0.6) is 0 Å². The summed E-state index contributed by atoms with van der Waals surface area (Å²) >= 11 is 1.29. The van der Waals surface area contributed by atoms with E-state index in [9.17, 15) is 14.4 Å². The number of hydrogen-bond acceptors (Lipinski definition) is 5. The minimum atomic E-state index is -0.893. The first kappa shape index (κ1) is 20.8. The van der Waals surface area contributed by atoms with Crippen LogP contribution in [0.15, 0.2) is 72.1 Å². The van der Waals surface area contributed by atoms with Crippen LogP contribution >= 0.6 is 11.3 Å². The fraction of sp³-hybridized carbons (Fsp3) is 0.208. The van der Waals surface area contributed by atoms with Gasteiger partial charge in [0.25, 0.3) is 11.8 Å². The Labute approximate surface area is 184 Å². The quantitative estimate of drug-likeness (QED) is 0.580. The molecular formula is C24H22N2O4S. The number of anilines is 1. The van der Waals surface area contributed by atoms with Gasteiger partial charge in [0.15, 0.2) is 6.61 Å². The lowest BCUT2D eigenvalue weighted by Crippen LogP contribution is -2.44. The van der Waals surface area contributed by atoms with Gasteiger partial charge in [0.1, 0.15) is 6.04 Å². The molecule has 7 heteroatoms. The molecule has 0 bridgehead atoms. The summed E-state index contributed by atoms with van der Waals surface area (Å²) in [5.41, 5.74) is 2.85. The molecule has 1 aromatic heterocycles. The lowest BCUT2D eigenvalue weighted by molar-refractivity contribution is -0.149. The van der Waals surface area contributed by atoms with Crippen molar-refractivity contribution >= 4 is 34.8 Å². The maximum absolute atomic E-state index is 12.8. The molecule has 4 rings (SSSR count). The van der Waals surface area contributed by atoms with Gasteiger partial charge in [-0.05, 0) is 35.1 Å². The fourth-order valence-electron chi connectivity index (χ4n) is 3.59. The van der Waals surface area contributed by atoms with E-state index >= 15 is 0 Å². The summed E-state index contributed by atoms with van der Waals surface area (Å²) in [6, 6.07) is 19.7. The minimum absolute atomic E-state index is 0.275. The number of amides is 2. The largest absolute Gasteiger partial charge is 0.454 e. The number of hydrogen-bond donors (Lipinski definition) is 1. The van der Waals surface area contributed by atoms with E-state index in [1.54, 1.807) is 22.4 Å². The molecule has 6 nitrogen and oxygen atoms in total. The monoisotopic (exact) mass is 434 g/mol. The van der Waals surface area contributed by atoms with Crippen LogP contribution in [0.4, 0.5) is 5.69 Å². The third-order valence-corrected chi connectivity index (χ3v) is 6.01. The number of ether oxygens (including phenoxy) is 1. The first-order valence-electron chi connectivity index (χ1n) is 10.0. The molecule has 1 aliphatic rings. The number of carbonyl (C=O) groups excluding carboxylic acids is 3. The standard InChI is InChI=1S/C24H22N2O4S/c27-22(26-13-12-18-9-4-5-10-20(18)26)16-30-24(29)19(15-17-7-2-1-3-8-17)25-23(28)21-11-6-14-31-21/h1-11,14,19H,12-13,15-16H2,(H,25,28). The Morgan fingerprint density at radius 1 is 1.00 bits per heavy atom. The topological polar surface area (TPSA) is 75.7 Å². The second-order valence-electron chi connectivity index (χ2n) is 7.22. The Kier molecular flexibility index (Phi) is 6.43. The van der Waals surface area contributed by atoms with E-state index in [1.165, 1.54) is 11.3 Å². The van der Waals surface area contributed by atoms with Gasteiger partial charge >= 0.3 is 5.97 Å². The zero-order valence-electron chi connectivity index (χ0n) is 16.8. The van der Waals surface area contributed by atoms with E-state index in [0.717, 1.165) is 23.2 Å². The van der Waals surface area contributed by atoms with Gasteiger partial charge in [-0.2, -0.15) is 0 Å². The minimum Gasteiger partial charge on any atom is -0.454 e. The summed E-state index contributed by atoms with van der Waals surface area (Å²) in [7, 11) is 0. The molecule has 0 aliphatic carbocycles. The SMILES string of the molecule is O=C(NC(Cc1ccccc1)C(=O)OCC(=O)N1CCc2ccccc21)c1cccs1. The van der Waals surface area contributed by atoms with Crippen LogP contribution in [0.3, 0.4) is 0 Å². The molecule has 0 radical (unpaired) electrons. The molecule has 158 valence electrons. The molecule has 2 aromatic carbocycles. The highest BCUT2D eigenvalue weighted by atomic mass is 32.1. The maximum atomic E-state index is 12.8. The zero-order valence-corrected chi connectivity index (χ0v) is 17.6. The van der Waals surface area contributed by atoms with Gasteiger partial charge in [-0.15, -0.1) is 11.3 Å². The van der Waals surface area contributed by atoms with Crippen LogP contribution in [0.25, 0.3) is 0 Å². The summed E-state index contributed by atoms with van der Waals surface area (Å²) in [6.07, 6.45) is 1.06. The third kappa shape index (κ3) is 5.00. The third-order valence-electron chi connectivity index (χ3n) is 5.14. The molecule has 1 unspecified atom stereocenters. The van der Waals surface area contributed by atoms with Crippen molar-refractivity contribution in [2.45, 2.75) is 18.9 Å². The molecule has 2 amide bonds. The van der Waals surface area contributed by atoms with Crippen LogP contribution in [-0.4, -0.2) is 37.0 Å². The number of rotatable bonds is 7. The highest BCUT2D eigenvalue weighted by molar-refractivity contribution is 7.12. The van der Waals surface area contributed by atoms with Gasteiger partial charge in [0, 0.05) is 18.7 Å². The molecule has 0 spiro atoms. The van der Waals surface area contributed by atoms with Crippen molar-refractivity contribution in [2.24, 2.45) is 0 Å². The summed E-state index contributed by atoms with van der Waals surface area (Å²) in [5, 5.41) is 4.55. The van der Waals surface area contributed by atoms with Gasteiger partial charge in [-0.25, -0.2) is 4.79 Å². The predicted molar refractivity (Wildman–Crippen MR) is 119 cm³/mol. The summed E-state index contributed by atoms with van der Waals surface area (Å²) < 4.78 is 5.34. The van der Waals surface area contributed by atoms with Crippen molar-refractivity contribution < 1.29 is 19.1 Å². The Morgan fingerprint density at radius 2 is 1.77 bits per heavy atom. The average molecular weight is 435 g/mol. The summed E-state index contributed by atoms with van der Waals surface area (Å²) in [6.45, 7) is 0.200. The van der Waals surface area contributed by atoms with Crippen LogP contribution < -0.4 is 10.2 Å². The second kappa shape index (κ2) is 9.57. The Bertz CT molecular complexity index is 1070. The lowest BCUT2D eigenvalue weighted by Gasteiger charge is -2.20. The highest BCUT2D eigenvalue weighted by Gasteiger charge is 2.28. The van der Waals surface area contributed by atoms with E-state index in [2.05, 4.69) is 5.32 Å². The van der Waals surface area contributed by atoms with Crippen LogP contribution in [0, 0.1) is 0 Å². The Morgan fingerprint density at radius 3 is 2.55 bits per heavy atom. The van der Waals surface area contributed by atoms with Gasteiger partial charge < -0.3 is 15.0 Å². The molecular weight excluding hydrogens is 412 g/mol. The Hall–Kier alpha value is -3.45. The number of benzene rings is 2. The van der Waals surface area contributed by atoms with Crippen molar-refractivity contribution in [3.63, 3.8) is 0 Å². The van der Waals surface area contributed by atoms with E-state index in [0.29, 0.717) is 11.4 Å². The van der Waals surface area contributed by atoms with Crippen molar-refractivity contribution in [1.82, 2.24) is 5.32 Å². The molecule has 0 saturated carbocycles. The van der Waals surface area contributed by atoms with Gasteiger partial charge in [-0.1, -0.05) is 54.6 Å². The Balaban J connectivity index is 1.41. The second-order valence-corrected chi connectivity index (χ2v) is 8.17. The summed E-state index contributed by atoms with van der Waals surface area (Å²) in [4.78, 5) is 40.1. The van der Waals surface area contributed by atoms with Crippen molar-refractivity contribution in [1.29, 1.82) is 0 Å². The number of carbonyl (C=O) groups is 3. The molecule has 0 saturated heterocycles. The number of para-hydroxylation sites is 1. The number of esters is 1. The van der Waals surface area contributed by atoms with Gasteiger partial charge in [-0.3, -0.25) is 9.59 Å². The fourth-order valence-corrected chi connectivity index (χ4v) is 4.22.